The number of nitrogens with zero attached hydrogens (tertiary/aromatic N) is 2. The van der Waals surface area contributed by atoms with Gasteiger partial charge in [-0.25, -0.2) is 4.98 Å². The summed E-state index contributed by atoms with van der Waals surface area (Å²) in [6, 6.07) is 0.280. The molecule has 0 amide bonds. The maximum atomic E-state index is 6.11. The number of aromatic nitrogens is 3. The molecule has 0 aromatic carbocycles. The maximum absolute atomic E-state index is 6.11. The third kappa shape index (κ3) is 2.68. The van der Waals surface area contributed by atoms with Crippen molar-refractivity contribution in [1.82, 2.24) is 15.2 Å². The molecule has 4 heteroatoms. The van der Waals surface area contributed by atoms with Crippen molar-refractivity contribution in [1.29, 1.82) is 0 Å². The maximum Gasteiger partial charge on any atom is 0.153 e. The van der Waals surface area contributed by atoms with Crippen molar-refractivity contribution in [2.75, 3.05) is 0 Å². The Kier molecular flexibility index (Phi) is 3.14. The number of rotatable bonds is 4. The molecule has 1 aromatic rings. The molecule has 1 heterocycles. The third-order valence-corrected chi connectivity index (χ3v) is 4.18. The van der Waals surface area contributed by atoms with E-state index in [2.05, 4.69) is 15.2 Å². The van der Waals surface area contributed by atoms with Crippen molar-refractivity contribution in [3.63, 3.8) is 0 Å². The summed E-state index contributed by atoms with van der Waals surface area (Å²) < 4.78 is 0. The molecule has 1 aromatic heterocycles. The van der Waals surface area contributed by atoms with E-state index in [1.54, 1.807) is 0 Å². The van der Waals surface area contributed by atoms with Crippen molar-refractivity contribution in [3.05, 3.63) is 11.6 Å². The lowest BCUT2D eigenvalue weighted by Crippen LogP contribution is -2.25. The Labute approximate surface area is 102 Å². The summed E-state index contributed by atoms with van der Waals surface area (Å²) in [5.74, 6) is 3.34. The van der Waals surface area contributed by atoms with E-state index >= 15 is 0 Å². The number of hydrogen-bond acceptors (Lipinski definition) is 3. The first-order valence-corrected chi connectivity index (χ1v) is 6.99. The molecule has 0 radical (unpaired) electrons. The van der Waals surface area contributed by atoms with E-state index in [0.29, 0.717) is 5.92 Å². The highest BCUT2D eigenvalue weighted by Crippen LogP contribution is 2.33. The first-order valence-electron chi connectivity index (χ1n) is 6.99. The summed E-state index contributed by atoms with van der Waals surface area (Å²) >= 11 is 0. The molecule has 0 bridgehead atoms. The Morgan fingerprint density at radius 1 is 1.18 bits per heavy atom. The zero-order chi connectivity index (χ0) is 11.7. The zero-order valence-corrected chi connectivity index (χ0v) is 10.4. The van der Waals surface area contributed by atoms with E-state index in [1.807, 2.05) is 0 Å². The zero-order valence-electron chi connectivity index (χ0n) is 10.4. The van der Waals surface area contributed by atoms with Crippen molar-refractivity contribution in [2.45, 2.75) is 63.3 Å². The average Bonchev–Trinajstić information content (AvgIpc) is 3.12. The summed E-state index contributed by atoms with van der Waals surface area (Å²) in [4.78, 5) is 4.64. The lowest BCUT2D eigenvalue weighted by Gasteiger charge is -2.18. The largest absolute Gasteiger partial charge is 0.327 e. The number of hydrogen-bond donors (Lipinski definition) is 2. The molecule has 2 fully saturated rings. The van der Waals surface area contributed by atoms with Crippen LogP contribution in [0.25, 0.3) is 0 Å². The average molecular weight is 234 g/mol. The number of H-pyrrole nitrogens is 1. The monoisotopic (exact) mass is 234 g/mol. The molecule has 17 heavy (non-hydrogen) atoms. The van der Waals surface area contributed by atoms with E-state index in [4.69, 9.17) is 5.73 Å². The lowest BCUT2D eigenvalue weighted by atomic mass is 9.89. The quantitative estimate of drug-likeness (QED) is 0.838. The van der Waals surface area contributed by atoms with Crippen LogP contribution in [0.2, 0.25) is 0 Å². The Balaban J connectivity index is 1.60. The van der Waals surface area contributed by atoms with Gasteiger partial charge in [-0.2, -0.15) is 5.10 Å². The number of nitrogens with one attached hydrogen (secondary N) is 1. The van der Waals surface area contributed by atoms with Gasteiger partial charge in [0.1, 0.15) is 5.82 Å². The summed E-state index contributed by atoms with van der Waals surface area (Å²) in [5, 5.41) is 7.46. The highest BCUT2D eigenvalue weighted by Gasteiger charge is 2.29. The van der Waals surface area contributed by atoms with Crippen molar-refractivity contribution in [2.24, 2.45) is 11.7 Å². The van der Waals surface area contributed by atoms with Crippen LogP contribution in [0, 0.1) is 5.92 Å². The van der Waals surface area contributed by atoms with Crippen LogP contribution in [0.4, 0.5) is 0 Å². The van der Waals surface area contributed by atoms with E-state index in [9.17, 15) is 0 Å². The molecule has 4 nitrogen and oxygen atoms in total. The van der Waals surface area contributed by atoms with Crippen LogP contribution in [0.3, 0.4) is 0 Å². The van der Waals surface area contributed by atoms with Gasteiger partial charge in [0.15, 0.2) is 5.82 Å². The van der Waals surface area contributed by atoms with Crippen molar-refractivity contribution >= 4 is 0 Å². The summed E-state index contributed by atoms with van der Waals surface area (Å²) in [6.07, 6.45) is 10.0. The molecule has 3 rings (SSSR count). The Morgan fingerprint density at radius 2 is 1.94 bits per heavy atom. The van der Waals surface area contributed by atoms with Crippen molar-refractivity contribution < 1.29 is 0 Å². The third-order valence-electron chi connectivity index (χ3n) is 4.18. The first-order chi connectivity index (χ1) is 8.33. The second-order valence-electron chi connectivity index (χ2n) is 5.68. The van der Waals surface area contributed by atoms with Gasteiger partial charge in [0.05, 0.1) is 0 Å². The van der Waals surface area contributed by atoms with Crippen LogP contribution in [0.15, 0.2) is 0 Å². The Hall–Kier alpha value is -0.900. The Bertz CT molecular complexity index is 363. The molecule has 2 aliphatic rings. The van der Waals surface area contributed by atoms with Gasteiger partial charge < -0.3 is 5.73 Å². The van der Waals surface area contributed by atoms with Gasteiger partial charge in [0.25, 0.3) is 0 Å². The van der Waals surface area contributed by atoms with E-state index in [0.717, 1.165) is 24.0 Å². The topological polar surface area (TPSA) is 67.6 Å². The molecule has 0 aliphatic heterocycles. The second kappa shape index (κ2) is 4.77. The van der Waals surface area contributed by atoms with Crippen LogP contribution < -0.4 is 5.73 Å². The van der Waals surface area contributed by atoms with Gasteiger partial charge in [-0.3, -0.25) is 5.10 Å². The molecule has 3 N–H and O–H groups in total. The summed E-state index contributed by atoms with van der Waals surface area (Å²) in [5.41, 5.74) is 6.11. The van der Waals surface area contributed by atoms with Crippen molar-refractivity contribution in [3.8, 4) is 0 Å². The second-order valence-corrected chi connectivity index (χ2v) is 5.68. The number of aromatic amines is 1. The highest BCUT2D eigenvalue weighted by atomic mass is 15.2. The molecule has 1 atom stereocenters. The molecular formula is C13H22N4. The predicted molar refractivity (Wildman–Crippen MR) is 66.6 cm³/mol. The van der Waals surface area contributed by atoms with Gasteiger partial charge in [0.2, 0.25) is 0 Å². The fraction of sp³-hybridized carbons (Fsp3) is 0.846. The molecule has 0 saturated heterocycles. The van der Waals surface area contributed by atoms with Crippen LogP contribution in [-0.4, -0.2) is 21.2 Å². The standard InChI is InChI=1S/C13H22N4/c14-11(9-6-7-9)8-12-15-13(17-16-12)10-4-2-1-3-5-10/h9-11H,1-8,14H2,(H,15,16,17). The van der Waals surface area contributed by atoms with Gasteiger partial charge in [-0.1, -0.05) is 19.3 Å². The number of nitrogens with two attached hydrogens (primary N) is 1. The molecular weight excluding hydrogens is 212 g/mol. The summed E-state index contributed by atoms with van der Waals surface area (Å²) in [7, 11) is 0. The molecule has 2 aliphatic carbocycles. The minimum atomic E-state index is 0.280. The summed E-state index contributed by atoms with van der Waals surface area (Å²) in [6.45, 7) is 0. The molecule has 94 valence electrons. The van der Waals surface area contributed by atoms with E-state index < -0.39 is 0 Å². The fourth-order valence-corrected chi connectivity index (χ4v) is 2.86. The smallest absolute Gasteiger partial charge is 0.153 e. The highest BCUT2D eigenvalue weighted by molar-refractivity contribution is 5.01. The van der Waals surface area contributed by atoms with Crippen LogP contribution in [-0.2, 0) is 6.42 Å². The van der Waals surface area contributed by atoms with E-state index in [1.165, 1.54) is 44.9 Å². The first kappa shape index (κ1) is 11.2. The van der Waals surface area contributed by atoms with Gasteiger partial charge in [-0.15, -0.1) is 0 Å². The fourth-order valence-electron chi connectivity index (χ4n) is 2.86. The molecule has 0 spiro atoms. The van der Waals surface area contributed by atoms with E-state index in [-0.39, 0.29) is 6.04 Å². The van der Waals surface area contributed by atoms with Crippen LogP contribution in [0.5, 0.6) is 0 Å². The van der Waals surface area contributed by atoms with Gasteiger partial charge >= 0.3 is 0 Å². The lowest BCUT2D eigenvalue weighted by molar-refractivity contribution is 0.429. The minimum absolute atomic E-state index is 0.280. The van der Waals surface area contributed by atoms with Gasteiger partial charge in [-0.05, 0) is 31.6 Å². The Morgan fingerprint density at radius 3 is 2.65 bits per heavy atom. The van der Waals surface area contributed by atoms with Crippen LogP contribution in [0.1, 0.15) is 62.5 Å². The minimum Gasteiger partial charge on any atom is -0.327 e. The van der Waals surface area contributed by atoms with Gasteiger partial charge in [0, 0.05) is 18.4 Å². The molecule has 1 unspecified atom stereocenters. The SMILES string of the molecule is NC(Cc1nc(C2CCCCC2)n[nH]1)C1CC1. The van der Waals surface area contributed by atoms with Crippen LogP contribution >= 0.6 is 0 Å². The predicted octanol–water partition coefficient (Wildman–Crippen LogP) is 2.13. The normalized spacial score (nSPS) is 23.8. The molecule has 2 saturated carbocycles.